The predicted molar refractivity (Wildman–Crippen MR) is 75.0 cm³/mol. The number of oxime groups is 1. The van der Waals surface area contributed by atoms with Crippen LogP contribution in [-0.2, 0) is 9.63 Å². The molecule has 0 aliphatic carbocycles. The van der Waals surface area contributed by atoms with Crippen LogP contribution in [0.15, 0.2) is 59.8 Å². The molecule has 1 N–H and O–H groups in total. The van der Waals surface area contributed by atoms with E-state index in [-0.39, 0.29) is 18.3 Å². The molecule has 0 aliphatic rings. The average molecular weight is 272 g/mol. The summed E-state index contributed by atoms with van der Waals surface area (Å²) in [7, 11) is 0. The number of carbonyl (C=O) groups is 1. The fourth-order valence-corrected chi connectivity index (χ4v) is 1.46. The van der Waals surface area contributed by atoms with Gasteiger partial charge < -0.3 is 10.2 Å². The molecule has 102 valence electrons. The second kappa shape index (κ2) is 7.04. The van der Waals surface area contributed by atoms with Crippen LogP contribution in [0, 0.1) is 5.82 Å². The molecule has 2 aromatic rings. The molecular weight excluding hydrogens is 259 g/mol. The van der Waals surface area contributed by atoms with Gasteiger partial charge in [-0.1, -0.05) is 35.5 Å². The number of hydrogen-bond acceptors (Lipinski definition) is 3. The highest BCUT2D eigenvalue weighted by atomic mass is 19.1. The largest absolute Gasteiger partial charge is 0.386 e. The summed E-state index contributed by atoms with van der Waals surface area (Å²) in [5, 5.41) is 6.31. The fourth-order valence-electron chi connectivity index (χ4n) is 1.46. The van der Waals surface area contributed by atoms with E-state index >= 15 is 0 Å². The molecule has 1 amide bonds. The van der Waals surface area contributed by atoms with Crippen molar-refractivity contribution < 1.29 is 14.0 Å². The van der Waals surface area contributed by atoms with Crippen LogP contribution in [0.1, 0.15) is 5.56 Å². The van der Waals surface area contributed by atoms with Crippen molar-refractivity contribution in [1.82, 2.24) is 0 Å². The maximum atomic E-state index is 12.7. The van der Waals surface area contributed by atoms with Gasteiger partial charge in [-0.3, -0.25) is 4.79 Å². The van der Waals surface area contributed by atoms with Gasteiger partial charge in [-0.05, 0) is 29.8 Å². The van der Waals surface area contributed by atoms with E-state index in [0.29, 0.717) is 11.3 Å². The zero-order valence-corrected chi connectivity index (χ0v) is 10.6. The fraction of sp³-hybridized carbons (Fsp3) is 0.0667. The molecule has 0 spiro atoms. The minimum atomic E-state index is -0.315. The van der Waals surface area contributed by atoms with E-state index in [1.807, 2.05) is 18.2 Å². The van der Waals surface area contributed by atoms with E-state index in [1.165, 1.54) is 18.3 Å². The number of anilines is 1. The van der Waals surface area contributed by atoms with E-state index in [2.05, 4.69) is 10.5 Å². The first kappa shape index (κ1) is 13.7. The van der Waals surface area contributed by atoms with Gasteiger partial charge in [-0.2, -0.15) is 0 Å². The SMILES string of the molecule is O=C(CO/N=C/c1ccc(F)cc1)Nc1ccccc1. The second-order valence-corrected chi connectivity index (χ2v) is 3.97. The van der Waals surface area contributed by atoms with Crippen molar-refractivity contribution in [3.8, 4) is 0 Å². The first-order valence-electron chi connectivity index (χ1n) is 6.00. The smallest absolute Gasteiger partial charge is 0.265 e. The molecule has 2 rings (SSSR count). The summed E-state index contributed by atoms with van der Waals surface area (Å²) in [5.41, 5.74) is 1.39. The Bertz CT molecular complexity index is 583. The lowest BCUT2D eigenvalue weighted by Gasteiger charge is -2.03. The summed E-state index contributed by atoms with van der Waals surface area (Å²) >= 11 is 0. The normalized spacial score (nSPS) is 10.4. The van der Waals surface area contributed by atoms with Gasteiger partial charge >= 0.3 is 0 Å². The Hall–Kier alpha value is -2.69. The number of rotatable bonds is 5. The molecule has 0 aromatic heterocycles. The zero-order chi connectivity index (χ0) is 14.2. The zero-order valence-electron chi connectivity index (χ0n) is 10.6. The van der Waals surface area contributed by atoms with Gasteiger partial charge in [-0.15, -0.1) is 0 Å². The minimum absolute atomic E-state index is 0.188. The van der Waals surface area contributed by atoms with Crippen molar-refractivity contribution in [3.05, 3.63) is 66.0 Å². The van der Waals surface area contributed by atoms with Crippen molar-refractivity contribution in [2.75, 3.05) is 11.9 Å². The van der Waals surface area contributed by atoms with Gasteiger partial charge in [0.15, 0.2) is 6.61 Å². The molecule has 0 atom stereocenters. The quantitative estimate of drug-likeness (QED) is 0.672. The van der Waals surface area contributed by atoms with Gasteiger partial charge in [0.25, 0.3) is 5.91 Å². The van der Waals surface area contributed by atoms with E-state index < -0.39 is 0 Å². The summed E-state index contributed by atoms with van der Waals surface area (Å²) in [6.45, 7) is -0.188. The average Bonchev–Trinajstić information content (AvgIpc) is 2.46. The van der Waals surface area contributed by atoms with Crippen LogP contribution in [0.5, 0.6) is 0 Å². The summed E-state index contributed by atoms with van der Waals surface area (Å²) in [5.74, 6) is -0.613. The number of benzene rings is 2. The molecule has 0 saturated carbocycles. The molecule has 2 aromatic carbocycles. The van der Waals surface area contributed by atoms with Gasteiger partial charge in [-0.25, -0.2) is 4.39 Å². The van der Waals surface area contributed by atoms with Gasteiger partial charge in [0.05, 0.1) is 6.21 Å². The van der Waals surface area contributed by atoms with Crippen LogP contribution < -0.4 is 5.32 Å². The number of nitrogens with one attached hydrogen (secondary N) is 1. The Morgan fingerprint density at radius 2 is 1.85 bits per heavy atom. The first-order valence-corrected chi connectivity index (χ1v) is 6.00. The van der Waals surface area contributed by atoms with Crippen molar-refractivity contribution in [2.45, 2.75) is 0 Å². The van der Waals surface area contributed by atoms with Gasteiger partial charge in [0.1, 0.15) is 5.82 Å². The van der Waals surface area contributed by atoms with Crippen LogP contribution in [-0.4, -0.2) is 18.7 Å². The van der Waals surface area contributed by atoms with Crippen molar-refractivity contribution in [1.29, 1.82) is 0 Å². The molecule has 0 fully saturated rings. The van der Waals surface area contributed by atoms with Crippen LogP contribution in [0.3, 0.4) is 0 Å². The van der Waals surface area contributed by atoms with Crippen molar-refractivity contribution in [2.24, 2.45) is 5.16 Å². The number of carbonyl (C=O) groups excluding carboxylic acids is 1. The number of para-hydroxylation sites is 1. The van der Waals surface area contributed by atoms with E-state index in [0.717, 1.165) is 0 Å². The molecule has 5 heteroatoms. The lowest BCUT2D eigenvalue weighted by molar-refractivity contribution is -0.120. The van der Waals surface area contributed by atoms with Gasteiger partial charge in [0, 0.05) is 5.69 Å². The van der Waals surface area contributed by atoms with Gasteiger partial charge in [0.2, 0.25) is 0 Å². The predicted octanol–water partition coefficient (Wildman–Crippen LogP) is 2.81. The molecule has 0 radical (unpaired) electrons. The third-order valence-electron chi connectivity index (χ3n) is 2.40. The van der Waals surface area contributed by atoms with Crippen LogP contribution in [0.25, 0.3) is 0 Å². The first-order chi connectivity index (χ1) is 9.74. The van der Waals surface area contributed by atoms with Crippen LogP contribution >= 0.6 is 0 Å². The summed E-state index contributed by atoms with van der Waals surface area (Å²) in [6, 6.07) is 14.8. The molecule has 0 bridgehead atoms. The Labute approximate surface area is 115 Å². The highest BCUT2D eigenvalue weighted by Crippen LogP contribution is 2.04. The van der Waals surface area contributed by atoms with Crippen LogP contribution in [0.4, 0.5) is 10.1 Å². The molecule has 20 heavy (non-hydrogen) atoms. The third-order valence-corrected chi connectivity index (χ3v) is 2.40. The maximum Gasteiger partial charge on any atom is 0.265 e. The topological polar surface area (TPSA) is 50.7 Å². The number of hydrogen-bond donors (Lipinski definition) is 1. The Morgan fingerprint density at radius 3 is 2.55 bits per heavy atom. The van der Waals surface area contributed by atoms with Crippen molar-refractivity contribution >= 4 is 17.8 Å². The molecular formula is C15H13FN2O2. The maximum absolute atomic E-state index is 12.7. The number of nitrogens with zero attached hydrogens (tertiary/aromatic N) is 1. The number of halogens is 1. The molecule has 0 unspecified atom stereocenters. The van der Waals surface area contributed by atoms with Crippen LogP contribution in [0.2, 0.25) is 0 Å². The summed E-state index contributed by atoms with van der Waals surface area (Å²) < 4.78 is 12.7. The Balaban J connectivity index is 1.75. The number of amides is 1. The summed E-state index contributed by atoms with van der Waals surface area (Å²) in [4.78, 5) is 16.4. The molecule has 0 heterocycles. The standard InChI is InChI=1S/C15H13FN2O2/c16-13-8-6-12(7-9-13)10-17-20-11-15(19)18-14-4-2-1-3-5-14/h1-10H,11H2,(H,18,19)/b17-10+. The molecule has 0 saturated heterocycles. The van der Waals surface area contributed by atoms with E-state index in [9.17, 15) is 9.18 Å². The minimum Gasteiger partial charge on any atom is -0.386 e. The van der Waals surface area contributed by atoms with E-state index in [1.54, 1.807) is 24.3 Å². The highest BCUT2D eigenvalue weighted by molar-refractivity contribution is 5.91. The molecule has 4 nitrogen and oxygen atoms in total. The summed E-state index contributed by atoms with van der Waals surface area (Å²) in [6.07, 6.45) is 1.41. The Morgan fingerprint density at radius 1 is 1.15 bits per heavy atom. The second-order valence-electron chi connectivity index (χ2n) is 3.97. The monoisotopic (exact) mass is 272 g/mol. The Kier molecular flexibility index (Phi) is 4.83. The van der Waals surface area contributed by atoms with E-state index in [4.69, 9.17) is 4.84 Å². The highest BCUT2D eigenvalue weighted by Gasteiger charge is 2.01. The lowest BCUT2D eigenvalue weighted by Crippen LogP contribution is -2.16. The lowest BCUT2D eigenvalue weighted by atomic mass is 10.2. The van der Waals surface area contributed by atoms with Crippen molar-refractivity contribution in [3.63, 3.8) is 0 Å². The molecule has 0 aliphatic heterocycles. The third kappa shape index (κ3) is 4.53.